The molecule has 0 saturated heterocycles. The van der Waals surface area contributed by atoms with Gasteiger partial charge in [0, 0.05) is 5.56 Å². The number of rotatable bonds is 1. The van der Waals surface area contributed by atoms with Gasteiger partial charge in [-0.1, -0.05) is 0 Å². The van der Waals surface area contributed by atoms with Crippen LogP contribution in [0.15, 0.2) is 12.1 Å². The molecule has 1 N–H and O–H groups in total. The fourth-order valence-corrected chi connectivity index (χ4v) is 1.04. The van der Waals surface area contributed by atoms with Crippen LogP contribution in [0.25, 0.3) is 0 Å². The average Bonchev–Trinajstić information content (AvgIpc) is 1.96. The van der Waals surface area contributed by atoms with E-state index in [-0.39, 0.29) is 17.1 Å². The van der Waals surface area contributed by atoms with Crippen molar-refractivity contribution in [2.75, 3.05) is 0 Å². The molecule has 1 rings (SSSR count). The lowest BCUT2D eigenvalue weighted by molar-refractivity contribution is -0.274. The van der Waals surface area contributed by atoms with E-state index < -0.39 is 6.36 Å². The van der Waals surface area contributed by atoms with Crippen LogP contribution in [0.2, 0.25) is 0 Å². The van der Waals surface area contributed by atoms with E-state index in [1.165, 1.54) is 19.1 Å². The zero-order chi connectivity index (χ0) is 10.9. The predicted octanol–water partition coefficient (Wildman–Crippen LogP) is 2.91. The number of phenolic OH excluding ortho intramolecular Hbond substituents is 1. The van der Waals surface area contributed by atoms with Crippen LogP contribution in [-0.4, -0.2) is 11.5 Å². The Balaban J connectivity index is 3.09. The number of phenols is 1. The maximum absolute atomic E-state index is 11.9. The third-order valence-electron chi connectivity index (χ3n) is 1.70. The van der Waals surface area contributed by atoms with Gasteiger partial charge in [0.15, 0.2) is 0 Å². The monoisotopic (exact) mass is 206 g/mol. The Labute approximate surface area is 78.9 Å². The second-order valence-electron chi connectivity index (χ2n) is 2.95. The van der Waals surface area contributed by atoms with Crippen LogP contribution in [0, 0.1) is 13.8 Å². The standard InChI is InChI=1S/C9H9F3O2/c1-5-3-7(13)6(2)8(4-5)14-9(10,11)12/h3-4,13H,1-2H3. The molecule has 78 valence electrons. The molecule has 0 atom stereocenters. The number of alkyl halides is 3. The van der Waals surface area contributed by atoms with Crippen molar-refractivity contribution >= 4 is 0 Å². The summed E-state index contributed by atoms with van der Waals surface area (Å²) in [6, 6.07) is 2.60. The normalized spacial score (nSPS) is 11.5. The van der Waals surface area contributed by atoms with Crippen LogP contribution in [0.1, 0.15) is 11.1 Å². The van der Waals surface area contributed by atoms with Gasteiger partial charge in [-0.3, -0.25) is 0 Å². The Bertz CT molecular complexity index is 345. The Morgan fingerprint density at radius 3 is 2.29 bits per heavy atom. The van der Waals surface area contributed by atoms with Gasteiger partial charge in [-0.2, -0.15) is 0 Å². The summed E-state index contributed by atoms with van der Waals surface area (Å²) < 4.78 is 39.4. The maximum atomic E-state index is 11.9. The highest BCUT2D eigenvalue weighted by Gasteiger charge is 2.32. The molecule has 0 saturated carbocycles. The first-order chi connectivity index (χ1) is 6.29. The minimum Gasteiger partial charge on any atom is -0.508 e. The van der Waals surface area contributed by atoms with E-state index in [4.69, 9.17) is 0 Å². The van der Waals surface area contributed by atoms with Gasteiger partial charge < -0.3 is 9.84 Å². The molecule has 0 fully saturated rings. The Hall–Kier alpha value is -1.39. The highest BCUT2D eigenvalue weighted by Crippen LogP contribution is 2.32. The summed E-state index contributed by atoms with van der Waals surface area (Å²) in [5.74, 6) is -0.570. The minimum absolute atomic E-state index is 0.0768. The first-order valence-corrected chi connectivity index (χ1v) is 3.85. The fraction of sp³-hybridized carbons (Fsp3) is 0.333. The second-order valence-corrected chi connectivity index (χ2v) is 2.95. The van der Waals surface area contributed by atoms with E-state index >= 15 is 0 Å². The summed E-state index contributed by atoms with van der Waals surface area (Å²) >= 11 is 0. The lowest BCUT2D eigenvalue weighted by atomic mass is 10.1. The van der Waals surface area contributed by atoms with Gasteiger partial charge in [-0.15, -0.1) is 13.2 Å². The average molecular weight is 206 g/mol. The van der Waals surface area contributed by atoms with Crippen molar-refractivity contribution < 1.29 is 23.0 Å². The fourth-order valence-electron chi connectivity index (χ4n) is 1.04. The molecule has 0 aliphatic carbocycles. The Morgan fingerprint density at radius 2 is 1.79 bits per heavy atom. The van der Waals surface area contributed by atoms with Crippen molar-refractivity contribution in [3.8, 4) is 11.5 Å². The number of aryl methyl sites for hydroxylation is 1. The molecule has 0 unspecified atom stereocenters. The van der Waals surface area contributed by atoms with Crippen LogP contribution >= 0.6 is 0 Å². The number of benzene rings is 1. The first kappa shape index (κ1) is 10.7. The van der Waals surface area contributed by atoms with Gasteiger partial charge in [-0.05, 0) is 31.5 Å². The third-order valence-corrected chi connectivity index (χ3v) is 1.70. The molecule has 1 aromatic carbocycles. The van der Waals surface area contributed by atoms with Crippen LogP contribution in [0.3, 0.4) is 0 Å². The molecule has 0 aromatic heterocycles. The maximum Gasteiger partial charge on any atom is 0.573 e. The van der Waals surface area contributed by atoms with Gasteiger partial charge in [0.2, 0.25) is 0 Å². The SMILES string of the molecule is Cc1cc(O)c(C)c(OC(F)(F)F)c1. The molecular weight excluding hydrogens is 197 g/mol. The molecule has 0 bridgehead atoms. The molecule has 0 radical (unpaired) electrons. The molecule has 2 nitrogen and oxygen atoms in total. The molecule has 0 aliphatic heterocycles. The summed E-state index contributed by atoms with van der Waals surface area (Å²) in [6.07, 6.45) is -4.73. The number of aromatic hydroxyl groups is 1. The number of halogens is 3. The van der Waals surface area contributed by atoms with Crippen molar-refractivity contribution in [2.24, 2.45) is 0 Å². The summed E-state index contributed by atoms with van der Waals surface area (Å²) in [4.78, 5) is 0. The molecule has 5 heteroatoms. The molecule has 0 amide bonds. The second kappa shape index (κ2) is 3.40. The van der Waals surface area contributed by atoms with Crippen molar-refractivity contribution in [3.63, 3.8) is 0 Å². The smallest absolute Gasteiger partial charge is 0.508 e. The zero-order valence-corrected chi connectivity index (χ0v) is 7.64. The van der Waals surface area contributed by atoms with Gasteiger partial charge in [0.1, 0.15) is 11.5 Å². The topological polar surface area (TPSA) is 29.5 Å². The van der Waals surface area contributed by atoms with Gasteiger partial charge in [-0.25, -0.2) is 0 Å². The molecular formula is C9H9F3O2. The molecule has 0 aliphatic rings. The van der Waals surface area contributed by atoms with E-state index in [2.05, 4.69) is 4.74 Å². The number of hydrogen-bond acceptors (Lipinski definition) is 2. The first-order valence-electron chi connectivity index (χ1n) is 3.85. The van der Waals surface area contributed by atoms with E-state index in [1.54, 1.807) is 6.92 Å². The number of hydrogen-bond donors (Lipinski definition) is 1. The third kappa shape index (κ3) is 2.55. The highest BCUT2D eigenvalue weighted by atomic mass is 19.4. The molecule has 0 spiro atoms. The predicted molar refractivity (Wildman–Crippen MR) is 44.3 cm³/mol. The van der Waals surface area contributed by atoms with Crippen LogP contribution in [-0.2, 0) is 0 Å². The quantitative estimate of drug-likeness (QED) is 0.765. The van der Waals surface area contributed by atoms with Crippen molar-refractivity contribution in [1.29, 1.82) is 0 Å². The Kier molecular flexibility index (Phi) is 2.59. The molecule has 1 aromatic rings. The molecule has 14 heavy (non-hydrogen) atoms. The summed E-state index contributed by atoms with van der Waals surface area (Å²) in [5.41, 5.74) is 0.584. The van der Waals surface area contributed by atoms with E-state index in [1.807, 2.05) is 0 Å². The van der Waals surface area contributed by atoms with E-state index in [0.717, 1.165) is 0 Å². The largest absolute Gasteiger partial charge is 0.573 e. The minimum atomic E-state index is -4.73. The van der Waals surface area contributed by atoms with E-state index in [0.29, 0.717) is 5.56 Å². The van der Waals surface area contributed by atoms with Gasteiger partial charge >= 0.3 is 6.36 Å². The van der Waals surface area contributed by atoms with Gasteiger partial charge in [0.05, 0.1) is 0 Å². The summed E-state index contributed by atoms with van der Waals surface area (Å²) in [5, 5.41) is 9.23. The lowest BCUT2D eigenvalue weighted by Crippen LogP contribution is -2.17. The zero-order valence-electron chi connectivity index (χ0n) is 7.64. The molecule has 0 heterocycles. The Morgan fingerprint density at radius 1 is 1.21 bits per heavy atom. The van der Waals surface area contributed by atoms with Crippen molar-refractivity contribution in [3.05, 3.63) is 23.3 Å². The van der Waals surface area contributed by atoms with Crippen LogP contribution in [0.5, 0.6) is 11.5 Å². The van der Waals surface area contributed by atoms with Gasteiger partial charge in [0.25, 0.3) is 0 Å². The van der Waals surface area contributed by atoms with Crippen LogP contribution in [0.4, 0.5) is 13.2 Å². The van der Waals surface area contributed by atoms with Crippen molar-refractivity contribution in [1.82, 2.24) is 0 Å². The van der Waals surface area contributed by atoms with Crippen molar-refractivity contribution in [2.45, 2.75) is 20.2 Å². The lowest BCUT2D eigenvalue weighted by Gasteiger charge is -2.12. The van der Waals surface area contributed by atoms with Crippen LogP contribution < -0.4 is 4.74 Å². The summed E-state index contributed by atoms with van der Waals surface area (Å²) in [6.45, 7) is 2.93. The van der Waals surface area contributed by atoms with E-state index in [9.17, 15) is 18.3 Å². The summed E-state index contributed by atoms with van der Waals surface area (Å²) in [7, 11) is 0. The number of ether oxygens (including phenoxy) is 1. The highest BCUT2D eigenvalue weighted by molar-refractivity contribution is 5.45.